The largest absolute Gasteiger partial charge is 0.385 e. The molecule has 0 bridgehead atoms. The molecule has 0 amide bonds. The lowest BCUT2D eigenvalue weighted by atomic mass is 9.72. The van der Waals surface area contributed by atoms with Crippen LogP contribution in [0.25, 0.3) is 5.57 Å². The molecule has 0 saturated heterocycles. The van der Waals surface area contributed by atoms with E-state index in [1.165, 1.54) is 11.1 Å². The lowest BCUT2D eigenvalue weighted by molar-refractivity contribution is 0.00526. The monoisotopic (exact) mass is 312 g/mol. The minimum atomic E-state index is -0.811. The number of allylic oxidation sites excluding steroid dienone is 1. The quantitative estimate of drug-likeness (QED) is 0.580. The third-order valence-electron chi connectivity index (χ3n) is 4.79. The van der Waals surface area contributed by atoms with E-state index in [-0.39, 0.29) is 5.92 Å². The second-order valence-corrected chi connectivity index (χ2v) is 6.42. The molecule has 0 aliphatic heterocycles. The van der Waals surface area contributed by atoms with Crippen LogP contribution in [0.2, 0.25) is 0 Å². The van der Waals surface area contributed by atoms with Gasteiger partial charge in [0, 0.05) is 5.92 Å². The van der Waals surface area contributed by atoms with Gasteiger partial charge in [0.15, 0.2) is 0 Å². The van der Waals surface area contributed by atoms with Crippen LogP contribution in [-0.2, 0) is 4.74 Å². The number of ether oxygens (including phenoxy) is 1. The fourth-order valence-electron chi connectivity index (χ4n) is 3.28. The molecule has 0 spiro atoms. The average molecular weight is 312 g/mol. The van der Waals surface area contributed by atoms with E-state index in [9.17, 15) is 5.11 Å². The van der Waals surface area contributed by atoms with Gasteiger partial charge in [-0.1, -0.05) is 61.9 Å². The van der Waals surface area contributed by atoms with Crippen molar-refractivity contribution >= 4 is 5.57 Å². The summed E-state index contributed by atoms with van der Waals surface area (Å²) in [5, 5.41) is 10.7. The van der Waals surface area contributed by atoms with E-state index >= 15 is 0 Å². The van der Waals surface area contributed by atoms with Crippen LogP contribution >= 0.6 is 0 Å². The van der Waals surface area contributed by atoms with E-state index in [1.54, 1.807) is 6.08 Å². The second-order valence-electron chi connectivity index (χ2n) is 6.42. The zero-order chi connectivity index (χ0) is 16.7. The highest BCUT2D eigenvalue weighted by atomic mass is 16.5. The molecular formula is C21H28O2. The van der Waals surface area contributed by atoms with Crippen LogP contribution in [-0.4, -0.2) is 23.9 Å². The molecule has 0 unspecified atom stereocenters. The molecule has 124 valence electrons. The van der Waals surface area contributed by atoms with Gasteiger partial charge in [0.1, 0.15) is 0 Å². The third-order valence-corrected chi connectivity index (χ3v) is 4.79. The van der Waals surface area contributed by atoms with E-state index in [1.807, 2.05) is 18.2 Å². The molecule has 0 heterocycles. The van der Waals surface area contributed by atoms with Gasteiger partial charge in [-0.2, -0.15) is 0 Å². The maximum absolute atomic E-state index is 10.7. The maximum atomic E-state index is 10.7. The predicted octanol–water partition coefficient (Wildman–Crippen LogP) is 4.77. The van der Waals surface area contributed by atoms with Gasteiger partial charge in [0.2, 0.25) is 0 Å². The van der Waals surface area contributed by atoms with Crippen LogP contribution in [0.3, 0.4) is 0 Å². The van der Waals surface area contributed by atoms with E-state index in [4.69, 9.17) is 4.74 Å². The number of aliphatic hydroxyl groups is 1. The van der Waals surface area contributed by atoms with Crippen molar-refractivity contribution in [2.75, 3.05) is 13.2 Å². The van der Waals surface area contributed by atoms with Crippen LogP contribution in [0.15, 0.2) is 61.2 Å². The van der Waals surface area contributed by atoms with Gasteiger partial charge in [0.05, 0.1) is 18.8 Å². The Morgan fingerprint density at radius 1 is 1.35 bits per heavy atom. The van der Waals surface area contributed by atoms with Crippen molar-refractivity contribution in [3.8, 4) is 0 Å². The van der Waals surface area contributed by atoms with Crippen LogP contribution in [0.1, 0.15) is 38.2 Å². The predicted molar refractivity (Wildman–Crippen MR) is 97.2 cm³/mol. The number of hydrogen-bond donors (Lipinski definition) is 1. The highest BCUT2D eigenvalue weighted by Crippen LogP contribution is 2.38. The Labute approximate surface area is 140 Å². The molecule has 1 saturated carbocycles. The fourth-order valence-corrected chi connectivity index (χ4v) is 3.28. The standard InChI is InChI=1S/C21H28O2/c1-4-21(22)14-9-8-12-20(21)18(3)16-23-15-13-17(2)19-10-6-5-7-11-19/h4-7,10-11,13,20,22H,1,3,8-9,12,14-16H2,2H3/b17-13+/t20-,21-/m1/s1. The summed E-state index contributed by atoms with van der Waals surface area (Å²) in [5.74, 6) is 0.0629. The normalized spacial score (nSPS) is 25.1. The lowest BCUT2D eigenvalue weighted by Crippen LogP contribution is -2.40. The molecule has 1 N–H and O–H groups in total. The third kappa shape index (κ3) is 4.66. The number of benzene rings is 1. The van der Waals surface area contributed by atoms with Crippen molar-refractivity contribution in [2.45, 2.75) is 38.2 Å². The van der Waals surface area contributed by atoms with Crippen LogP contribution < -0.4 is 0 Å². The minimum absolute atomic E-state index is 0.0629. The van der Waals surface area contributed by atoms with Gasteiger partial charge in [-0.3, -0.25) is 0 Å². The minimum Gasteiger partial charge on any atom is -0.385 e. The zero-order valence-corrected chi connectivity index (χ0v) is 14.1. The van der Waals surface area contributed by atoms with Crippen LogP contribution in [0.4, 0.5) is 0 Å². The molecule has 1 aliphatic carbocycles. The van der Waals surface area contributed by atoms with Crippen LogP contribution in [0.5, 0.6) is 0 Å². The molecule has 0 radical (unpaired) electrons. The Morgan fingerprint density at radius 2 is 2.09 bits per heavy atom. The summed E-state index contributed by atoms with van der Waals surface area (Å²) in [7, 11) is 0. The van der Waals surface area contributed by atoms with Gasteiger partial charge in [-0.15, -0.1) is 6.58 Å². The first kappa shape index (κ1) is 17.7. The molecule has 2 nitrogen and oxygen atoms in total. The van der Waals surface area contributed by atoms with Crippen molar-refractivity contribution in [3.63, 3.8) is 0 Å². The van der Waals surface area contributed by atoms with E-state index in [0.29, 0.717) is 13.2 Å². The molecule has 2 heteroatoms. The molecule has 1 fully saturated rings. The topological polar surface area (TPSA) is 29.5 Å². The molecule has 1 aliphatic rings. The highest BCUT2D eigenvalue weighted by Gasteiger charge is 2.37. The summed E-state index contributed by atoms with van der Waals surface area (Å²) in [6, 6.07) is 10.3. The Morgan fingerprint density at radius 3 is 2.78 bits per heavy atom. The van der Waals surface area contributed by atoms with Gasteiger partial charge in [-0.05, 0) is 36.5 Å². The van der Waals surface area contributed by atoms with Crippen LogP contribution in [0, 0.1) is 5.92 Å². The molecule has 1 aromatic carbocycles. The van der Waals surface area contributed by atoms with Gasteiger partial charge in [-0.25, -0.2) is 0 Å². The maximum Gasteiger partial charge on any atom is 0.0890 e. The first-order chi connectivity index (χ1) is 11.1. The van der Waals surface area contributed by atoms with Crippen molar-refractivity contribution in [1.29, 1.82) is 0 Å². The second kappa shape index (κ2) is 8.28. The smallest absolute Gasteiger partial charge is 0.0890 e. The Balaban J connectivity index is 1.84. The summed E-state index contributed by atoms with van der Waals surface area (Å²) < 4.78 is 5.76. The van der Waals surface area contributed by atoms with Gasteiger partial charge in [0.25, 0.3) is 0 Å². The van der Waals surface area contributed by atoms with Gasteiger partial charge < -0.3 is 9.84 Å². The van der Waals surface area contributed by atoms with E-state index < -0.39 is 5.60 Å². The molecule has 0 aromatic heterocycles. The highest BCUT2D eigenvalue weighted by molar-refractivity contribution is 5.63. The Bertz CT molecular complexity index is 558. The van der Waals surface area contributed by atoms with Gasteiger partial charge >= 0.3 is 0 Å². The first-order valence-corrected chi connectivity index (χ1v) is 8.40. The van der Waals surface area contributed by atoms with Crippen molar-refractivity contribution in [1.82, 2.24) is 0 Å². The molecule has 2 atom stereocenters. The lowest BCUT2D eigenvalue weighted by Gasteiger charge is -2.38. The molecular weight excluding hydrogens is 284 g/mol. The molecule has 1 aromatic rings. The summed E-state index contributed by atoms with van der Waals surface area (Å²) in [6.45, 7) is 11.1. The first-order valence-electron chi connectivity index (χ1n) is 8.40. The number of rotatable bonds is 7. The van der Waals surface area contributed by atoms with E-state index in [2.05, 4.69) is 38.3 Å². The zero-order valence-electron chi connectivity index (χ0n) is 14.1. The van der Waals surface area contributed by atoms with Crippen molar-refractivity contribution in [3.05, 3.63) is 66.8 Å². The molecule has 2 rings (SSSR count). The van der Waals surface area contributed by atoms with Crippen molar-refractivity contribution in [2.24, 2.45) is 5.92 Å². The summed E-state index contributed by atoms with van der Waals surface area (Å²) in [4.78, 5) is 0. The van der Waals surface area contributed by atoms with Crippen molar-refractivity contribution < 1.29 is 9.84 Å². The Kier molecular flexibility index (Phi) is 6.37. The summed E-state index contributed by atoms with van der Waals surface area (Å²) in [6.07, 6.45) is 7.68. The average Bonchev–Trinajstić information content (AvgIpc) is 2.59. The Hall–Kier alpha value is -1.64. The fraction of sp³-hybridized carbons (Fsp3) is 0.429. The SMILES string of the molecule is C=C[C@@]1(O)CCCC[C@@H]1C(=C)COC/C=C(\C)c1ccccc1. The molecule has 23 heavy (non-hydrogen) atoms. The summed E-state index contributed by atoms with van der Waals surface area (Å²) >= 11 is 0. The summed E-state index contributed by atoms with van der Waals surface area (Å²) in [5.41, 5.74) is 2.58. The number of hydrogen-bond acceptors (Lipinski definition) is 2. The van der Waals surface area contributed by atoms with E-state index in [0.717, 1.165) is 31.3 Å².